The number of rotatable bonds is 13. The monoisotopic (exact) mass is 1000 g/mol. The molecule has 0 radical (unpaired) electrons. The second-order valence-electron chi connectivity index (χ2n) is 23.4. The van der Waals surface area contributed by atoms with Crippen molar-refractivity contribution < 1.29 is 4.74 Å². The summed E-state index contributed by atoms with van der Waals surface area (Å²) in [5.74, 6) is 7.05. The van der Waals surface area contributed by atoms with Gasteiger partial charge in [-0.05, 0) is 234 Å². The van der Waals surface area contributed by atoms with Crippen LogP contribution in [0.15, 0.2) is 18.7 Å². The highest BCUT2D eigenvalue weighted by Gasteiger charge is 2.50. The molecule has 1 unspecified atom stereocenters. The Balaban J connectivity index is 0.000000180. The summed E-state index contributed by atoms with van der Waals surface area (Å²) >= 11 is 0. The minimum Gasteiger partial charge on any atom is -0.377 e. The first-order chi connectivity index (χ1) is 34.9. The fourth-order valence-electron chi connectivity index (χ4n) is 12.8. The Kier molecular flexibility index (Phi) is 35.1. The molecule has 5 saturated heterocycles. The van der Waals surface area contributed by atoms with Crippen molar-refractivity contribution in [2.24, 2.45) is 81.2 Å². The van der Waals surface area contributed by atoms with Gasteiger partial charge in [-0.1, -0.05) is 44.9 Å². The lowest BCUT2D eigenvalue weighted by Gasteiger charge is -2.56. The van der Waals surface area contributed by atoms with Crippen LogP contribution >= 0.6 is 0 Å². The normalized spacial score (nSPS) is 28.4. The number of nitrogens with zero attached hydrogens (tertiary/aromatic N) is 3. The highest BCUT2D eigenvalue weighted by Crippen LogP contribution is 2.59. The van der Waals surface area contributed by atoms with Gasteiger partial charge in [0.05, 0.1) is 12.4 Å². The molecule has 14 nitrogen and oxygen atoms in total. The predicted octanol–water partition coefficient (Wildman–Crippen LogP) is 6.16. The molecule has 5 aliphatic heterocycles. The van der Waals surface area contributed by atoms with Crippen LogP contribution in [0, 0.1) is 46.8 Å². The summed E-state index contributed by atoms with van der Waals surface area (Å²) in [5.41, 5.74) is 33.3. The van der Waals surface area contributed by atoms with Gasteiger partial charge in [-0.3, -0.25) is 0 Å². The smallest absolute Gasteiger partial charge is 0.0945 e. The molecule has 0 spiro atoms. The molecule has 71 heavy (non-hydrogen) atoms. The van der Waals surface area contributed by atoms with Gasteiger partial charge in [0.25, 0.3) is 0 Å². The number of piperazine rings is 1. The molecule has 1 aromatic rings. The Morgan fingerprint density at radius 2 is 1.03 bits per heavy atom. The number of aryl methyl sites for hydroxylation is 1. The number of hydrogen-bond donors (Lipinski definition) is 10. The van der Waals surface area contributed by atoms with E-state index < -0.39 is 0 Å². The number of nitrogens with one attached hydrogen (secondary N) is 4. The second-order valence-corrected chi connectivity index (χ2v) is 23.4. The van der Waals surface area contributed by atoms with Crippen LogP contribution in [0.3, 0.4) is 0 Å². The molecule has 0 amide bonds. The summed E-state index contributed by atoms with van der Waals surface area (Å²) < 4.78 is 7.20. The average molecular weight is 1000 g/mol. The van der Waals surface area contributed by atoms with E-state index in [9.17, 15) is 0 Å². The van der Waals surface area contributed by atoms with Crippen molar-refractivity contribution in [3.8, 4) is 0 Å². The van der Waals surface area contributed by atoms with Gasteiger partial charge in [-0.2, -0.15) is 0 Å². The second kappa shape index (κ2) is 40.0. The van der Waals surface area contributed by atoms with Gasteiger partial charge in [0.1, 0.15) is 0 Å². The zero-order chi connectivity index (χ0) is 50.5. The first-order valence-corrected chi connectivity index (χ1v) is 30.2. The molecule has 416 valence electrons. The van der Waals surface area contributed by atoms with Gasteiger partial charge in [0.15, 0.2) is 0 Å². The third-order valence-electron chi connectivity index (χ3n) is 17.1. The van der Waals surface area contributed by atoms with E-state index in [4.69, 9.17) is 39.1 Å². The van der Waals surface area contributed by atoms with E-state index in [0.717, 1.165) is 133 Å². The summed E-state index contributed by atoms with van der Waals surface area (Å²) in [6, 6.07) is 0. The van der Waals surface area contributed by atoms with Crippen LogP contribution in [-0.4, -0.2) is 138 Å². The quantitative estimate of drug-likeness (QED) is 0.107. The number of likely N-dealkylation sites (tertiary alicyclic amines) is 1. The summed E-state index contributed by atoms with van der Waals surface area (Å²) in [6.45, 7) is 20.2. The molecule has 16 N–H and O–H groups in total. The fourth-order valence-corrected chi connectivity index (χ4v) is 12.8. The van der Waals surface area contributed by atoms with E-state index in [2.05, 4.69) is 31.2 Å². The highest BCUT2D eigenvalue weighted by molar-refractivity contribution is 5.01. The van der Waals surface area contributed by atoms with E-state index in [1.165, 1.54) is 193 Å². The SMILES string of the molecule is C(CC1CCNCC1)CC1CCNCC1.C1CNCCN1.NCC12CC3CC(CC(C3)C1)C2.NCC1CC1.NCC1CCCCC1.NCC1CCCO1.NCCCn1ccnc1.NCCN1CCCCC1. The largest absolute Gasteiger partial charge is 0.377 e. The Labute approximate surface area is 436 Å². The van der Waals surface area contributed by atoms with E-state index in [-0.39, 0.29) is 0 Å². The van der Waals surface area contributed by atoms with Crippen LogP contribution in [0.1, 0.15) is 167 Å². The Hall–Kier alpha value is -1.27. The topological polar surface area (TPSA) is 235 Å². The van der Waals surface area contributed by atoms with Crippen LogP contribution in [-0.2, 0) is 11.3 Å². The number of hydrogen-bond acceptors (Lipinski definition) is 13. The van der Waals surface area contributed by atoms with Crippen LogP contribution in [0.2, 0.25) is 0 Å². The molecule has 1 atom stereocenters. The molecule has 12 rings (SSSR count). The first kappa shape index (κ1) is 62.3. The number of ether oxygens (including phenoxy) is 1. The van der Waals surface area contributed by atoms with Crippen molar-refractivity contribution in [3.63, 3.8) is 0 Å². The van der Waals surface area contributed by atoms with Crippen LogP contribution in [0.25, 0.3) is 0 Å². The molecule has 4 bridgehead atoms. The maximum absolute atomic E-state index is 5.93. The van der Waals surface area contributed by atoms with Gasteiger partial charge >= 0.3 is 0 Å². The predicted molar refractivity (Wildman–Crippen MR) is 301 cm³/mol. The van der Waals surface area contributed by atoms with Crippen LogP contribution in [0.5, 0.6) is 0 Å². The lowest BCUT2D eigenvalue weighted by molar-refractivity contribution is -0.0468. The third kappa shape index (κ3) is 29.0. The van der Waals surface area contributed by atoms with Crippen molar-refractivity contribution in [2.45, 2.75) is 180 Å². The zero-order valence-electron chi connectivity index (χ0n) is 45.9. The summed E-state index contributed by atoms with van der Waals surface area (Å²) in [6.07, 6.45) is 42.4. The zero-order valence-corrected chi connectivity index (χ0v) is 45.9. The Morgan fingerprint density at radius 1 is 0.507 bits per heavy atom. The Morgan fingerprint density at radius 3 is 1.39 bits per heavy atom. The van der Waals surface area contributed by atoms with Gasteiger partial charge < -0.3 is 69.9 Å². The summed E-state index contributed by atoms with van der Waals surface area (Å²) in [7, 11) is 0. The van der Waals surface area contributed by atoms with Crippen molar-refractivity contribution >= 4 is 0 Å². The molecule has 6 heterocycles. The number of piperidine rings is 3. The molecule has 11 fully saturated rings. The fraction of sp³-hybridized carbons (Fsp3) is 0.947. The number of nitrogens with two attached hydrogens (primary N) is 6. The minimum atomic E-state index is 0.375. The van der Waals surface area contributed by atoms with Gasteiger partial charge in [-0.15, -0.1) is 0 Å². The highest BCUT2D eigenvalue weighted by atomic mass is 16.5. The van der Waals surface area contributed by atoms with Gasteiger partial charge in [0.2, 0.25) is 0 Å². The van der Waals surface area contributed by atoms with Crippen LogP contribution in [0.4, 0.5) is 0 Å². The first-order valence-electron chi connectivity index (χ1n) is 30.2. The molecule has 0 aromatic carbocycles. The maximum Gasteiger partial charge on any atom is 0.0945 e. The molecule has 11 aliphatic rings. The maximum atomic E-state index is 5.93. The molecule has 6 aliphatic carbocycles. The standard InChI is InChI=1S/C13H26N2.C11H19N.C7H16N2.C7H15N.C6H11N3.C5H11NO.C4H10N2.C4H9N/c1(2-12-4-8-14-9-5-12)3-13-6-10-15-11-7-13;12-7-11-4-8-1-9(5-11)3-10(2-8)6-11;8-4-7-9-5-2-1-3-6-9;8-6-7-4-2-1-3-5-7;7-2-1-4-9-5-3-8-6-9;6-4-5-2-1-3-7-5;1-2-6-4-3-5-1;5-3-4-1-2-4/h12-15H,1-11H2;8-10H,1-7,12H2;1-8H2;7H,1-6,8H2;3,5-6H,1-2,4,7H2;5H,1-4,6H2;5-6H,1-4H2;4H,1-3,5H2. The molecular weight excluding hydrogens is 883 g/mol. The van der Waals surface area contributed by atoms with Crippen molar-refractivity contribution in [1.29, 1.82) is 0 Å². The lowest BCUT2D eigenvalue weighted by Crippen LogP contribution is -2.49. The molecular formula is C57H117N13O. The average Bonchev–Trinajstić information content (AvgIpc) is 3.84. The number of imidazole rings is 1. The van der Waals surface area contributed by atoms with Crippen molar-refractivity contribution in [1.82, 2.24) is 35.7 Å². The van der Waals surface area contributed by atoms with E-state index >= 15 is 0 Å². The molecule has 6 saturated carbocycles. The lowest BCUT2D eigenvalue weighted by atomic mass is 9.50. The van der Waals surface area contributed by atoms with Crippen molar-refractivity contribution in [3.05, 3.63) is 18.7 Å². The minimum absolute atomic E-state index is 0.375. The van der Waals surface area contributed by atoms with Crippen molar-refractivity contribution in [2.75, 3.05) is 118 Å². The molecule has 1 aromatic heterocycles. The third-order valence-corrected chi connectivity index (χ3v) is 17.1. The van der Waals surface area contributed by atoms with Gasteiger partial charge in [-0.25, -0.2) is 4.98 Å². The Bertz CT molecular complexity index is 1240. The van der Waals surface area contributed by atoms with Gasteiger partial charge in [0, 0.05) is 71.4 Å². The molecule has 14 heteroatoms. The number of aromatic nitrogens is 2. The van der Waals surface area contributed by atoms with E-state index in [0.29, 0.717) is 18.1 Å². The van der Waals surface area contributed by atoms with E-state index in [1.54, 1.807) is 12.5 Å². The van der Waals surface area contributed by atoms with E-state index in [1.807, 2.05) is 10.8 Å². The summed E-state index contributed by atoms with van der Waals surface area (Å²) in [5, 5.41) is 13.3. The van der Waals surface area contributed by atoms with Crippen LogP contribution < -0.4 is 55.7 Å². The summed E-state index contributed by atoms with van der Waals surface area (Å²) in [4.78, 5) is 6.35.